The Labute approximate surface area is 108 Å². The van der Waals surface area contributed by atoms with E-state index in [2.05, 4.69) is 19.2 Å². The molecule has 2 rings (SSSR count). The maximum absolute atomic E-state index is 12.1. The Bertz CT molecular complexity index is 479. The number of carbonyl (C=O) groups excluding carboxylic acids is 2. The summed E-state index contributed by atoms with van der Waals surface area (Å²) in [5, 5.41) is 2.46. The number of rotatable bonds is 2. The second kappa shape index (κ2) is 4.92. The molecule has 1 aliphatic heterocycles. The number of amides is 2. The summed E-state index contributed by atoms with van der Waals surface area (Å²) in [6, 6.07) is 7.92. The first kappa shape index (κ1) is 12.8. The Morgan fingerprint density at radius 3 is 2.50 bits per heavy atom. The molecule has 1 aromatic rings. The van der Waals surface area contributed by atoms with E-state index in [1.807, 2.05) is 31.2 Å². The molecule has 1 aliphatic rings. The molecular weight excluding hydrogens is 226 g/mol. The van der Waals surface area contributed by atoms with Crippen LogP contribution in [-0.4, -0.2) is 11.8 Å². The van der Waals surface area contributed by atoms with Gasteiger partial charge in [0.25, 0.3) is 0 Å². The summed E-state index contributed by atoms with van der Waals surface area (Å²) in [6.07, 6.45) is 0.433. The number of carbonyl (C=O) groups is 2. The molecule has 2 unspecified atom stereocenters. The van der Waals surface area contributed by atoms with Gasteiger partial charge in [-0.25, -0.2) is 0 Å². The fraction of sp³-hybridized carbons (Fsp3) is 0.467. The highest BCUT2D eigenvalue weighted by Gasteiger charge is 2.38. The maximum atomic E-state index is 12.1. The van der Waals surface area contributed by atoms with E-state index in [4.69, 9.17) is 0 Å². The number of aryl methyl sites for hydroxylation is 1. The number of imide groups is 1. The number of benzene rings is 1. The number of nitrogens with one attached hydrogen (secondary N) is 1. The van der Waals surface area contributed by atoms with Crippen LogP contribution in [-0.2, 0) is 9.59 Å². The zero-order valence-corrected chi connectivity index (χ0v) is 11.1. The third-order valence-corrected chi connectivity index (χ3v) is 3.77. The lowest BCUT2D eigenvalue weighted by Crippen LogP contribution is -2.46. The molecule has 1 heterocycles. The average molecular weight is 245 g/mol. The van der Waals surface area contributed by atoms with Gasteiger partial charge in [0, 0.05) is 6.42 Å². The lowest BCUT2D eigenvalue weighted by atomic mass is 9.73. The van der Waals surface area contributed by atoms with Gasteiger partial charge in [0.1, 0.15) is 0 Å². The maximum Gasteiger partial charge on any atom is 0.234 e. The third-order valence-electron chi connectivity index (χ3n) is 3.77. The molecule has 0 bridgehead atoms. The molecule has 0 saturated carbocycles. The van der Waals surface area contributed by atoms with Crippen molar-refractivity contribution < 1.29 is 9.59 Å². The van der Waals surface area contributed by atoms with Crippen LogP contribution in [0.15, 0.2) is 24.3 Å². The highest BCUT2D eigenvalue weighted by Crippen LogP contribution is 2.36. The normalized spacial score (nSPS) is 24.2. The quantitative estimate of drug-likeness (QED) is 0.813. The lowest BCUT2D eigenvalue weighted by molar-refractivity contribution is -0.137. The van der Waals surface area contributed by atoms with Crippen LogP contribution in [0.3, 0.4) is 0 Å². The van der Waals surface area contributed by atoms with Crippen molar-refractivity contribution in [3.63, 3.8) is 0 Å². The standard InChI is InChI=1S/C15H19NO2/c1-9(2)12-8-13(17)16-15(18)14(12)11-7-5-4-6-10(11)3/h4-7,9,12,14H,8H2,1-3H3,(H,16,17,18). The molecule has 0 aliphatic carbocycles. The Morgan fingerprint density at radius 2 is 1.89 bits per heavy atom. The Kier molecular flexibility index (Phi) is 3.50. The van der Waals surface area contributed by atoms with Crippen molar-refractivity contribution in [3.8, 4) is 0 Å². The summed E-state index contributed by atoms with van der Waals surface area (Å²) in [5.74, 6) is -0.108. The van der Waals surface area contributed by atoms with Crippen molar-refractivity contribution >= 4 is 11.8 Å². The van der Waals surface area contributed by atoms with Crippen LogP contribution in [0.1, 0.15) is 37.3 Å². The molecule has 3 nitrogen and oxygen atoms in total. The molecule has 1 aromatic carbocycles. The third kappa shape index (κ3) is 2.30. The van der Waals surface area contributed by atoms with Gasteiger partial charge < -0.3 is 0 Å². The van der Waals surface area contributed by atoms with Crippen LogP contribution in [0.4, 0.5) is 0 Å². The van der Waals surface area contributed by atoms with E-state index < -0.39 is 0 Å². The molecule has 96 valence electrons. The van der Waals surface area contributed by atoms with E-state index in [9.17, 15) is 9.59 Å². The average Bonchev–Trinajstić information content (AvgIpc) is 2.29. The van der Waals surface area contributed by atoms with Gasteiger partial charge in [-0.3, -0.25) is 14.9 Å². The number of piperidine rings is 1. The molecule has 1 N–H and O–H groups in total. The molecule has 1 fully saturated rings. The molecule has 0 aromatic heterocycles. The van der Waals surface area contributed by atoms with Gasteiger partial charge in [0.15, 0.2) is 0 Å². The van der Waals surface area contributed by atoms with Crippen LogP contribution < -0.4 is 5.32 Å². The Balaban J connectivity index is 2.42. The smallest absolute Gasteiger partial charge is 0.234 e. The summed E-state index contributed by atoms with van der Waals surface area (Å²) in [7, 11) is 0. The minimum absolute atomic E-state index is 0.0901. The van der Waals surface area contributed by atoms with Gasteiger partial charge >= 0.3 is 0 Å². The van der Waals surface area contributed by atoms with E-state index in [1.165, 1.54) is 0 Å². The topological polar surface area (TPSA) is 46.2 Å². The predicted octanol–water partition coefficient (Wildman–Crippen LogP) is 2.40. The van der Waals surface area contributed by atoms with Gasteiger partial charge in [0.2, 0.25) is 11.8 Å². The molecule has 1 saturated heterocycles. The van der Waals surface area contributed by atoms with Crippen molar-refractivity contribution in [2.75, 3.05) is 0 Å². The van der Waals surface area contributed by atoms with Crippen LogP contribution in [0.2, 0.25) is 0 Å². The summed E-state index contributed by atoms with van der Waals surface area (Å²) in [5.41, 5.74) is 2.15. The minimum atomic E-state index is -0.205. The highest BCUT2D eigenvalue weighted by atomic mass is 16.2. The Hall–Kier alpha value is -1.64. The second-order valence-electron chi connectivity index (χ2n) is 5.36. The van der Waals surface area contributed by atoms with Crippen LogP contribution in [0.5, 0.6) is 0 Å². The van der Waals surface area contributed by atoms with Crippen molar-refractivity contribution in [3.05, 3.63) is 35.4 Å². The Morgan fingerprint density at radius 1 is 1.22 bits per heavy atom. The molecule has 3 heteroatoms. The van der Waals surface area contributed by atoms with Crippen molar-refractivity contribution in [2.24, 2.45) is 11.8 Å². The zero-order chi connectivity index (χ0) is 13.3. The molecular formula is C15H19NO2. The van der Waals surface area contributed by atoms with E-state index >= 15 is 0 Å². The molecule has 18 heavy (non-hydrogen) atoms. The monoisotopic (exact) mass is 245 g/mol. The first-order valence-electron chi connectivity index (χ1n) is 6.40. The largest absolute Gasteiger partial charge is 0.296 e. The van der Waals surface area contributed by atoms with E-state index in [0.717, 1.165) is 11.1 Å². The van der Waals surface area contributed by atoms with Crippen molar-refractivity contribution in [1.82, 2.24) is 5.32 Å². The predicted molar refractivity (Wildman–Crippen MR) is 70.0 cm³/mol. The fourth-order valence-corrected chi connectivity index (χ4v) is 2.72. The highest BCUT2D eigenvalue weighted by molar-refractivity contribution is 6.01. The van der Waals surface area contributed by atoms with Gasteiger partial charge in [0.05, 0.1) is 5.92 Å². The second-order valence-corrected chi connectivity index (χ2v) is 5.36. The van der Waals surface area contributed by atoms with E-state index in [1.54, 1.807) is 0 Å². The van der Waals surface area contributed by atoms with Gasteiger partial charge in [-0.2, -0.15) is 0 Å². The summed E-state index contributed by atoms with van der Waals surface area (Å²) in [6.45, 7) is 6.15. The summed E-state index contributed by atoms with van der Waals surface area (Å²) in [4.78, 5) is 23.7. The van der Waals surface area contributed by atoms with E-state index in [0.29, 0.717) is 12.3 Å². The first-order valence-corrected chi connectivity index (χ1v) is 6.40. The van der Waals surface area contributed by atoms with Gasteiger partial charge in [-0.1, -0.05) is 38.1 Å². The number of hydrogen-bond acceptors (Lipinski definition) is 2. The first-order chi connectivity index (χ1) is 8.50. The van der Waals surface area contributed by atoms with Crippen LogP contribution in [0.25, 0.3) is 0 Å². The summed E-state index contributed by atoms with van der Waals surface area (Å²) >= 11 is 0. The van der Waals surface area contributed by atoms with Crippen LogP contribution >= 0.6 is 0 Å². The SMILES string of the molecule is Cc1ccccc1C1C(=O)NC(=O)CC1C(C)C. The van der Waals surface area contributed by atoms with Gasteiger partial charge in [-0.15, -0.1) is 0 Å². The van der Waals surface area contributed by atoms with Crippen LogP contribution in [0, 0.1) is 18.8 Å². The summed E-state index contributed by atoms with van der Waals surface area (Å²) < 4.78 is 0. The van der Waals surface area contributed by atoms with Crippen molar-refractivity contribution in [1.29, 1.82) is 0 Å². The zero-order valence-electron chi connectivity index (χ0n) is 11.1. The molecule has 2 amide bonds. The fourth-order valence-electron chi connectivity index (χ4n) is 2.72. The van der Waals surface area contributed by atoms with E-state index in [-0.39, 0.29) is 23.7 Å². The molecule has 2 atom stereocenters. The molecule has 0 radical (unpaired) electrons. The number of hydrogen-bond donors (Lipinski definition) is 1. The molecule has 0 spiro atoms. The lowest BCUT2D eigenvalue weighted by Gasteiger charge is -2.33. The van der Waals surface area contributed by atoms with Gasteiger partial charge in [-0.05, 0) is 29.9 Å². The van der Waals surface area contributed by atoms with Crippen molar-refractivity contribution in [2.45, 2.75) is 33.1 Å². The minimum Gasteiger partial charge on any atom is -0.296 e.